The van der Waals surface area contributed by atoms with Crippen LogP contribution in [0.15, 0.2) is 54.6 Å². The molecule has 0 spiro atoms. The molecule has 27 heavy (non-hydrogen) atoms. The van der Waals surface area contributed by atoms with E-state index in [1.54, 1.807) is 25.3 Å². The summed E-state index contributed by atoms with van der Waals surface area (Å²) in [5, 5.41) is 10.1. The minimum atomic E-state index is -0.429. The van der Waals surface area contributed by atoms with E-state index >= 15 is 0 Å². The molecular formula is C21H20FN3O2. The van der Waals surface area contributed by atoms with Crippen molar-refractivity contribution >= 4 is 11.7 Å². The third kappa shape index (κ3) is 3.56. The molecule has 1 saturated carbocycles. The summed E-state index contributed by atoms with van der Waals surface area (Å²) in [4.78, 5) is 12.8. The van der Waals surface area contributed by atoms with Crippen LogP contribution < -0.4 is 10.1 Å². The molecule has 3 aromatic rings. The number of methoxy groups -OCH3 is 1. The zero-order chi connectivity index (χ0) is 18.9. The van der Waals surface area contributed by atoms with Gasteiger partial charge in [0.15, 0.2) is 5.82 Å². The Balaban J connectivity index is 1.47. The standard InChI is InChI=1S/C21H20FN3O2/c1-27-18-5-3-2-4-16(18)17-12-19(25-24-17)23-20(26)21(10-11-21)13-14-6-8-15(22)9-7-14/h2-9,12H,10-11,13H2,1H3,(H2,23,24,25,26). The quantitative estimate of drug-likeness (QED) is 0.688. The van der Waals surface area contributed by atoms with Crippen LogP contribution in [0.4, 0.5) is 10.2 Å². The highest BCUT2D eigenvalue weighted by Crippen LogP contribution is 2.49. The van der Waals surface area contributed by atoms with Gasteiger partial charge in [0, 0.05) is 11.6 Å². The Labute approximate surface area is 156 Å². The molecule has 1 fully saturated rings. The van der Waals surface area contributed by atoms with Crippen LogP contribution in [0.1, 0.15) is 18.4 Å². The number of aromatic nitrogens is 2. The van der Waals surface area contributed by atoms with Crippen LogP contribution >= 0.6 is 0 Å². The van der Waals surface area contributed by atoms with Gasteiger partial charge in [0.25, 0.3) is 0 Å². The summed E-state index contributed by atoms with van der Waals surface area (Å²) in [6.45, 7) is 0. The lowest BCUT2D eigenvalue weighted by molar-refractivity contribution is -0.121. The fourth-order valence-corrected chi connectivity index (χ4v) is 3.27. The zero-order valence-corrected chi connectivity index (χ0v) is 15.0. The summed E-state index contributed by atoms with van der Waals surface area (Å²) in [5.41, 5.74) is 2.17. The van der Waals surface area contributed by atoms with Crippen LogP contribution in [-0.4, -0.2) is 23.2 Å². The van der Waals surface area contributed by atoms with Gasteiger partial charge in [0.1, 0.15) is 11.6 Å². The van der Waals surface area contributed by atoms with Crippen molar-refractivity contribution in [2.45, 2.75) is 19.3 Å². The summed E-state index contributed by atoms with van der Waals surface area (Å²) in [6.07, 6.45) is 2.24. The molecule has 0 unspecified atom stereocenters. The Morgan fingerprint density at radius 1 is 1.22 bits per heavy atom. The van der Waals surface area contributed by atoms with E-state index in [1.807, 2.05) is 24.3 Å². The van der Waals surface area contributed by atoms with Crippen molar-refractivity contribution in [2.75, 3.05) is 12.4 Å². The van der Waals surface area contributed by atoms with Crippen LogP contribution in [0.2, 0.25) is 0 Å². The number of rotatable bonds is 6. The maximum atomic E-state index is 13.1. The molecule has 0 bridgehead atoms. The number of H-pyrrole nitrogens is 1. The molecule has 2 N–H and O–H groups in total. The summed E-state index contributed by atoms with van der Waals surface area (Å²) in [7, 11) is 1.62. The van der Waals surface area contributed by atoms with E-state index in [1.165, 1.54) is 12.1 Å². The lowest BCUT2D eigenvalue weighted by Gasteiger charge is -2.14. The van der Waals surface area contributed by atoms with E-state index in [0.717, 1.165) is 35.4 Å². The van der Waals surface area contributed by atoms with Crippen molar-refractivity contribution in [3.63, 3.8) is 0 Å². The average molecular weight is 365 g/mol. The summed E-state index contributed by atoms with van der Waals surface area (Å²) in [6, 6.07) is 15.7. The molecule has 2 aromatic carbocycles. The number of carbonyl (C=O) groups excluding carboxylic acids is 1. The minimum Gasteiger partial charge on any atom is -0.496 e. The van der Waals surface area contributed by atoms with Gasteiger partial charge in [-0.15, -0.1) is 0 Å². The first-order valence-electron chi connectivity index (χ1n) is 8.84. The van der Waals surface area contributed by atoms with Gasteiger partial charge in [0.2, 0.25) is 5.91 Å². The molecule has 0 radical (unpaired) electrons. The van der Waals surface area contributed by atoms with Crippen molar-refractivity contribution in [2.24, 2.45) is 5.41 Å². The van der Waals surface area contributed by atoms with Gasteiger partial charge in [-0.3, -0.25) is 9.89 Å². The second-order valence-corrected chi connectivity index (χ2v) is 6.90. The number of hydrogen-bond acceptors (Lipinski definition) is 3. The summed E-state index contributed by atoms with van der Waals surface area (Å²) >= 11 is 0. The molecule has 1 heterocycles. The van der Waals surface area contributed by atoms with Crippen LogP contribution in [0.5, 0.6) is 5.75 Å². The van der Waals surface area contributed by atoms with Gasteiger partial charge in [-0.25, -0.2) is 4.39 Å². The van der Waals surface area contributed by atoms with Gasteiger partial charge in [-0.1, -0.05) is 24.3 Å². The van der Waals surface area contributed by atoms with Gasteiger partial charge >= 0.3 is 0 Å². The number of carbonyl (C=O) groups is 1. The third-order valence-corrected chi connectivity index (χ3v) is 5.01. The topological polar surface area (TPSA) is 67.0 Å². The first-order chi connectivity index (χ1) is 13.1. The van der Waals surface area contributed by atoms with Crippen LogP contribution in [0, 0.1) is 11.2 Å². The molecule has 6 heteroatoms. The van der Waals surface area contributed by atoms with E-state index in [2.05, 4.69) is 15.5 Å². The van der Waals surface area contributed by atoms with Crippen LogP contribution in [-0.2, 0) is 11.2 Å². The lowest BCUT2D eigenvalue weighted by atomic mass is 9.95. The molecule has 1 aliphatic rings. The van der Waals surface area contributed by atoms with Crippen LogP contribution in [0.25, 0.3) is 11.3 Å². The highest BCUT2D eigenvalue weighted by Gasteiger charge is 2.49. The molecule has 4 rings (SSSR count). The zero-order valence-electron chi connectivity index (χ0n) is 15.0. The highest BCUT2D eigenvalue weighted by atomic mass is 19.1. The Bertz CT molecular complexity index is 962. The maximum absolute atomic E-state index is 13.1. The van der Waals surface area contributed by atoms with E-state index < -0.39 is 5.41 Å². The van der Waals surface area contributed by atoms with Gasteiger partial charge < -0.3 is 10.1 Å². The number of aromatic amines is 1. The van der Waals surface area contributed by atoms with Gasteiger partial charge in [0.05, 0.1) is 18.2 Å². The molecule has 0 atom stereocenters. The van der Waals surface area contributed by atoms with E-state index in [0.29, 0.717) is 12.2 Å². The van der Waals surface area contributed by atoms with Crippen molar-refractivity contribution in [1.29, 1.82) is 0 Å². The molecule has 1 aromatic heterocycles. The number of para-hydroxylation sites is 1. The fraction of sp³-hybridized carbons (Fsp3) is 0.238. The van der Waals surface area contributed by atoms with E-state index in [4.69, 9.17) is 4.74 Å². The largest absolute Gasteiger partial charge is 0.496 e. The number of halogens is 1. The summed E-state index contributed by atoms with van der Waals surface area (Å²) in [5.74, 6) is 0.888. The Hall–Kier alpha value is -3.15. The predicted octanol–water partition coefficient (Wildman–Crippen LogP) is 4.19. The normalized spacial score (nSPS) is 14.6. The third-order valence-electron chi connectivity index (χ3n) is 5.01. The number of nitrogens with zero attached hydrogens (tertiary/aromatic N) is 1. The second kappa shape index (κ2) is 6.87. The second-order valence-electron chi connectivity index (χ2n) is 6.90. The maximum Gasteiger partial charge on any atom is 0.232 e. The first-order valence-corrected chi connectivity index (χ1v) is 8.84. The monoisotopic (exact) mass is 365 g/mol. The van der Waals surface area contributed by atoms with E-state index in [9.17, 15) is 9.18 Å². The number of ether oxygens (including phenoxy) is 1. The first kappa shape index (κ1) is 17.3. The van der Waals surface area contributed by atoms with Crippen molar-refractivity contribution in [3.05, 3.63) is 66.0 Å². The molecular weight excluding hydrogens is 345 g/mol. The van der Waals surface area contributed by atoms with Gasteiger partial charge in [-0.05, 0) is 49.1 Å². The van der Waals surface area contributed by atoms with E-state index in [-0.39, 0.29) is 11.7 Å². The number of anilines is 1. The predicted molar refractivity (Wildman–Crippen MR) is 101 cm³/mol. The number of hydrogen-bond donors (Lipinski definition) is 2. The minimum absolute atomic E-state index is 0.0510. The summed E-state index contributed by atoms with van der Waals surface area (Å²) < 4.78 is 18.4. The van der Waals surface area contributed by atoms with Crippen LogP contribution in [0.3, 0.4) is 0 Å². The van der Waals surface area contributed by atoms with Crippen molar-refractivity contribution < 1.29 is 13.9 Å². The molecule has 5 nitrogen and oxygen atoms in total. The van der Waals surface area contributed by atoms with Gasteiger partial charge in [-0.2, -0.15) is 5.10 Å². The number of amides is 1. The molecule has 0 saturated heterocycles. The average Bonchev–Trinajstić information content (AvgIpc) is 3.33. The SMILES string of the molecule is COc1ccccc1-c1cc(NC(=O)C2(Cc3ccc(F)cc3)CC2)n[nH]1. The Morgan fingerprint density at radius 3 is 2.67 bits per heavy atom. The Kier molecular flexibility index (Phi) is 4.39. The lowest BCUT2D eigenvalue weighted by Crippen LogP contribution is -2.26. The number of nitrogens with one attached hydrogen (secondary N) is 2. The Morgan fingerprint density at radius 2 is 1.96 bits per heavy atom. The molecule has 138 valence electrons. The molecule has 1 aliphatic carbocycles. The fourth-order valence-electron chi connectivity index (χ4n) is 3.27. The molecule has 1 amide bonds. The van der Waals surface area contributed by atoms with Crippen molar-refractivity contribution in [3.8, 4) is 17.0 Å². The smallest absolute Gasteiger partial charge is 0.232 e. The molecule has 0 aliphatic heterocycles. The highest BCUT2D eigenvalue weighted by molar-refractivity contribution is 5.97. The van der Waals surface area contributed by atoms with Crippen molar-refractivity contribution in [1.82, 2.24) is 10.2 Å². The number of benzene rings is 2.